The summed E-state index contributed by atoms with van der Waals surface area (Å²) in [6.45, 7) is 1.02. The van der Waals surface area contributed by atoms with Gasteiger partial charge < -0.3 is 5.32 Å². The van der Waals surface area contributed by atoms with Crippen molar-refractivity contribution in [1.82, 2.24) is 10.3 Å². The highest BCUT2D eigenvalue weighted by molar-refractivity contribution is 7.10. The van der Waals surface area contributed by atoms with Crippen molar-refractivity contribution in [2.75, 3.05) is 6.54 Å². The van der Waals surface area contributed by atoms with Crippen LogP contribution >= 0.6 is 11.3 Å². The molecule has 0 bridgehead atoms. The van der Waals surface area contributed by atoms with E-state index in [1.54, 1.807) is 17.4 Å². The van der Waals surface area contributed by atoms with Crippen LogP contribution in [-0.2, 0) is 0 Å². The molecule has 1 aromatic heterocycles. The third-order valence-electron chi connectivity index (χ3n) is 3.35. The van der Waals surface area contributed by atoms with E-state index in [2.05, 4.69) is 10.3 Å². The Balaban J connectivity index is 1.85. The van der Waals surface area contributed by atoms with Crippen LogP contribution in [0.5, 0.6) is 0 Å². The maximum absolute atomic E-state index is 13.2. The van der Waals surface area contributed by atoms with E-state index in [1.807, 2.05) is 5.38 Å². The first-order valence-corrected chi connectivity index (χ1v) is 7.26. The molecule has 19 heavy (non-hydrogen) atoms. The number of hydrogen-bond donors (Lipinski definition) is 1. The fourth-order valence-electron chi connectivity index (χ4n) is 2.30. The Morgan fingerprint density at radius 1 is 1.21 bits per heavy atom. The molecule has 2 aromatic rings. The van der Waals surface area contributed by atoms with E-state index in [0.717, 1.165) is 24.0 Å². The topological polar surface area (TPSA) is 24.9 Å². The third kappa shape index (κ3) is 2.67. The predicted octanol–water partition coefficient (Wildman–Crippen LogP) is 3.90. The van der Waals surface area contributed by atoms with E-state index in [4.69, 9.17) is 0 Å². The van der Waals surface area contributed by atoms with Gasteiger partial charge in [0.05, 0.1) is 11.7 Å². The summed E-state index contributed by atoms with van der Waals surface area (Å²) in [6, 6.07) is 4.20. The number of aromatic nitrogens is 1. The highest BCUT2D eigenvalue weighted by Crippen LogP contribution is 2.30. The van der Waals surface area contributed by atoms with Crippen LogP contribution in [0.4, 0.5) is 8.78 Å². The first-order valence-electron chi connectivity index (χ1n) is 6.38. The predicted molar refractivity (Wildman–Crippen MR) is 72.1 cm³/mol. The Hall–Kier alpha value is -1.33. The summed E-state index contributed by atoms with van der Waals surface area (Å²) in [5, 5.41) is 6.36. The lowest BCUT2D eigenvalue weighted by Crippen LogP contribution is -2.26. The van der Waals surface area contributed by atoms with Gasteiger partial charge in [-0.1, -0.05) is 6.42 Å². The minimum atomic E-state index is -0.831. The molecular weight excluding hydrogens is 266 g/mol. The normalized spacial score (nSPS) is 19.6. The standard InChI is InChI=1S/C14H14F2N2S/c15-10-5-4-9(7-11(10)16)13-8-19-14(18-13)12-3-1-2-6-17-12/h4-5,7-8,12,17H,1-3,6H2. The van der Waals surface area contributed by atoms with Crippen molar-refractivity contribution < 1.29 is 8.78 Å². The van der Waals surface area contributed by atoms with Gasteiger partial charge in [0.1, 0.15) is 5.01 Å². The number of hydrogen-bond acceptors (Lipinski definition) is 3. The van der Waals surface area contributed by atoms with Gasteiger partial charge in [0.2, 0.25) is 0 Å². The summed E-state index contributed by atoms with van der Waals surface area (Å²) >= 11 is 1.57. The lowest BCUT2D eigenvalue weighted by atomic mass is 10.1. The maximum atomic E-state index is 13.2. The largest absolute Gasteiger partial charge is 0.308 e. The van der Waals surface area contributed by atoms with Gasteiger partial charge in [-0.2, -0.15) is 0 Å². The van der Waals surface area contributed by atoms with Gasteiger partial charge >= 0.3 is 0 Å². The van der Waals surface area contributed by atoms with Gasteiger partial charge in [0.15, 0.2) is 11.6 Å². The second-order valence-corrected chi connectivity index (χ2v) is 5.59. The highest BCUT2D eigenvalue weighted by Gasteiger charge is 2.18. The van der Waals surface area contributed by atoms with E-state index in [0.29, 0.717) is 17.3 Å². The number of nitrogens with zero attached hydrogens (tertiary/aromatic N) is 1. The summed E-state index contributed by atoms with van der Waals surface area (Å²) < 4.78 is 26.1. The molecule has 0 spiro atoms. The van der Waals surface area contributed by atoms with E-state index in [1.165, 1.54) is 18.9 Å². The number of halogens is 2. The molecule has 0 aliphatic carbocycles. The molecule has 3 rings (SSSR count). The van der Waals surface area contributed by atoms with Crippen molar-refractivity contribution in [2.24, 2.45) is 0 Å². The molecule has 1 unspecified atom stereocenters. The molecule has 0 saturated carbocycles. The molecule has 2 heterocycles. The number of rotatable bonds is 2. The molecule has 0 amide bonds. The Morgan fingerprint density at radius 2 is 2.11 bits per heavy atom. The molecule has 1 fully saturated rings. The molecule has 1 aliphatic heterocycles. The molecule has 1 atom stereocenters. The van der Waals surface area contributed by atoms with Gasteiger partial charge in [-0.3, -0.25) is 0 Å². The Bertz CT molecular complexity index is 577. The molecule has 100 valence electrons. The van der Waals surface area contributed by atoms with Gasteiger partial charge in [-0.05, 0) is 37.6 Å². The van der Waals surface area contributed by atoms with Crippen LogP contribution in [-0.4, -0.2) is 11.5 Å². The first-order chi connectivity index (χ1) is 9.24. The summed E-state index contributed by atoms with van der Waals surface area (Å²) in [4.78, 5) is 4.54. The number of nitrogens with one attached hydrogen (secondary N) is 1. The number of benzene rings is 1. The molecule has 1 aromatic carbocycles. The minimum absolute atomic E-state index is 0.304. The lowest BCUT2D eigenvalue weighted by molar-refractivity contribution is 0.411. The quantitative estimate of drug-likeness (QED) is 0.902. The van der Waals surface area contributed by atoms with Crippen molar-refractivity contribution in [2.45, 2.75) is 25.3 Å². The van der Waals surface area contributed by atoms with E-state index in [9.17, 15) is 8.78 Å². The van der Waals surface area contributed by atoms with Gasteiger partial charge in [-0.15, -0.1) is 11.3 Å². The van der Waals surface area contributed by atoms with Gasteiger partial charge in [0.25, 0.3) is 0 Å². The average molecular weight is 280 g/mol. The Morgan fingerprint density at radius 3 is 2.84 bits per heavy atom. The van der Waals surface area contributed by atoms with E-state index >= 15 is 0 Å². The van der Waals surface area contributed by atoms with Crippen LogP contribution in [0.2, 0.25) is 0 Å². The zero-order valence-corrected chi connectivity index (χ0v) is 11.1. The summed E-state index contributed by atoms with van der Waals surface area (Å²) in [5.74, 6) is -1.66. The lowest BCUT2D eigenvalue weighted by Gasteiger charge is -2.21. The zero-order chi connectivity index (χ0) is 13.2. The fourth-order valence-corrected chi connectivity index (χ4v) is 3.24. The molecule has 1 aliphatic rings. The smallest absolute Gasteiger partial charge is 0.159 e. The summed E-state index contributed by atoms with van der Waals surface area (Å²) in [7, 11) is 0. The Labute approximate surface area is 114 Å². The van der Waals surface area contributed by atoms with E-state index in [-0.39, 0.29) is 0 Å². The van der Waals surface area contributed by atoms with Crippen molar-refractivity contribution >= 4 is 11.3 Å². The van der Waals surface area contributed by atoms with Crippen molar-refractivity contribution in [1.29, 1.82) is 0 Å². The fraction of sp³-hybridized carbons (Fsp3) is 0.357. The monoisotopic (exact) mass is 280 g/mol. The Kier molecular flexibility index (Phi) is 3.57. The number of piperidine rings is 1. The summed E-state index contributed by atoms with van der Waals surface area (Å²) in [5.41, 5.74) is 1.34. The number of thiazole rings is 1. The zero-order valence-electron chi connectivity index (χ0n) is 10.3. The average Bonchev–Trinajstić information content (AvgIpc) is 2.93. The first kappa shape index (κ1) is 12.7. The molecule has 0 radical (unpaired) electrons. The second kappa shape index (κ2) is 5.35. The van der Waals surface area contributed by atoms with Crippen LogP contribution in [0, 0.1) is 11.6 Å². The van der Waals surface area contributed by atoms with Crippen molar-refractivity contribution in [3.63, 3.8) is 0 Å². The molecule has 1 N–H and O–H groups in total. The summed E-state index contributed by atoms with van der Waals surface area (Å²) in [6.07, 6.45) is 3.50. The second-order valence-electron chi connectivity index (χ2n) is 4.70. The minimum Gasteiger partial charge on any atom is -0.308 e. The van der Waals surface area contributed by atoms with Crippen molar-refractivity contribution in [3.05, 3.63) is 40.2 Å². The maximum Gasteiger partial charge on any atom is 0.159 e. The SMILES string of the molecule is Fc1ccc(-c2csc(C3CCCCN3)n2)cc1F. The van der Waals surface area contributed by atoms with Gasteiger partial charge in [0, 0.05) is 10.9 Å². The highest BCUT2D eigenvalue weighted by atomic mass is 32.1. The van der Waals surface area contributed by atoms with Crippen molar-refractivity contribution in [3.8, 4) is 11.3 Å². The van der Waals surface area contributed by atoms with Gasteiger partial charge in [-0.25, -0.2) is 13.8 Å². The van der Waals surface area contributed by atoms with E-state index < -0.39 is 11.6 Å². The third-order valence-corrected chi connectivity index (χ3v) is 4.30. The van der Waals surface area contributed by atoms with Crippen LogP contribution < -0.4 is 5.32 Å². The van der Waals surface area contributed by atoms with Crippen LogP contribution in [0.3, 0.4) is 0 Å². The van der Waals surface area contributed by atoms with Crippen LogP contribution in [0.25, 0.3) is 11.3 Å². The van der Waals surface area contributed by atoms with Crippen LogP contribution in [0.15, 0.2) is 23.6 Å². The molecule has 5 heteroatoms. The molecule has 2 nitrogen and oxygen atoms in total. The van der Waals surface area contributed by atoms with Crippen LogP contribution in [0.1, 0.15) is 30.3 Å². The molecule has 1 saturated heterocycles. The molecular formula is C14H14F2N2S.